The molecule has 0 radical (unpaired) electrons. The summed E-state index contributed by atoms with van der Waals surface area (Å²) in [6.07, 6.45) is 3.58. The van der Waals surface area contributed by atoms with E-state index in [2.05, 4.69) is 34.3 Å². The first-order chi connectivity index (χ1) is 13.2. The summed E-state index contributed by atoms with van der Waals surface area (Å²) in [5, 5.41) is 5.34. The van der Waals surface area contributed by atoms with Gasteiger partial charge >= 0.3 is 0 Å². The molecule has 0 aliphatic carbocycles. The number of likely N-dealkylation sites (N-methyl/N-ethyl adjacent to an activating group) is 1. The fourth-order valence-electron chi connectivity index (χ4n) is 3.39. The first kappa shape index (κ1) is 17.9. The van der Waals surface area contributed by atoms with Crippen LogP contribution in [0.15, 0.2) is 36.5 Å². The number of aryl methyl sites for hydroxylation is 3. The van der Waals surface area contributed by atoms with Crippen LogP contribution in [0.1, 0.15) is 11.4 Å². The van der Waals surface area contributed by atoms with E-state index in [4.69, 9.17) is 19.4 Å². The SMILES string of the molecule is CN(C[C@H]1COCCO1)c1nc(CCc2ccccc2)nc2c1cnn2C. The molecule has 0 N–H and O–H groups in total. The predicted octanol–water partition coefficient (Wildman–Crippen LogP) is 2.00. The molecule has 7 heteroatoms. The normalized spacial score (nSPS) is 17.3. The van der Waals surface area contributed by atoms with Crippen molar-refractivity contribution in [1.82, 2.24) is 19.7 Å². The van der Waals surface area contributed by atoms with Gasteiger partial charge in [0.2, 0.25) is 0 Å². The molecule has 3 aromatic rings. The van der Waals surface area contributed by atoms with Crippen LogP contribution in [0.3, 0.4) is 0 Å². The summed E-state index contributed by atoms with van der Waals surface area (Å²) in [5.41, 5.74) is 2.14. The second-order valence-corrected chi connectivity index (χ2v) is 6.90. The summed E-state index contributed by atoms with van der Waals surface area (Å²) in [4.78, 5) is 11.7. The van der Waals surface area contributed by atoms with Crippen LogP contribution in [-0.2, 0) is 29.4 Å². The number of aromatic nitrogens is 4. The van der Waals surface area contributed by atoms with Gasteiger partial charge in [-0.05, 0) is 12.0 Å². The van der Waals surface area contributed by atoms with E-state index in [1.807, 2.05) is 26.4 Å². The Morgan fingerprint density at radius 1 is 1.15 bits per heavy atom. The van der Waals surface area contributed by atoms with Crippen LogP contribution in [0.4, 0.5) is 5.82 Å². The number of fused-ring (bicyclic) bond motifs is 1. The fraction of sp³-hybridized carbons (Fsp3) is 0.450. The lowest BCUT2D eigenvalue weighted by atomic mass is 10.1. The number of hydrogen-bond donors (Lipinski definition) is 0. The Balaban J connectivity index is 1.58. The first-order valence-corrected chi connectivity index (χ1v) is 9.34. The maximum absolute atomic E-state index is 5.79. The van der Waals surface area contributed by atoms with Gasteiger partial charge in [-0.2, -0.15) is 5.10 Å². The summed E-state index contributed by atoms with van der Waals surface area (Å²) in [6.45, 7) is 2.66. The second-order valence-electron chi connectivity index (χ2n) is 6.90. The molecule has 0 saturated carbocycles. The van der Waals surface area contributed by atoms with E-state index in [1.54, 1.807) is 4.68 Å². The number of anilines is 1. The first-order valence-electron chi connectivity index (χ1n) is 9.34. The van der Waals surface area contributed by atoms with E-state index in [-0.39, 0.29) is 6.10 Å². The molecule has 27 heavy (non-hydrogen) atoms. The van der Waals surface area contributed by atoms with Gasteiger partial charge in [-0.25, -0.2) is 9.97 Å². The molecule has 0 amide bonds. The van der Waals surface area contributed by atoms with Crippen LogP contribution < -0.4 is 4.90 Å². The van der Waals surface area contributed by atoms with Gasteiger partial charge in [0.25, 0.3) is 0 Å². The molecule has 0 unspecified atom stereocenters. The van der Waals surface area contributed by atoms with E-state index in [0.29, 0.717) is 19.8 Å². The van der Waals surface area contributed by atoms with Gasteiger partial charge in [0.1, 0.15) is 11.6 Å². The smallest absolute Gasteiger partial charge is 0.163 e. The molecule has 1 atom stereocenters. The van der Waals surface area contributed by atoms with E-state index in [9.17, 15) is 0 Å². The van der Waals surface area contributed by atoms with Crippen molar-refractivity contribution in [3.63, 3.8) is 0 Å². The zero-order valence-electron chi connectivity index (χ0n) is 15.8. The summed E-state index contributed by atoms with van der Waals surface area (Å²) in [5.74, 6) is 1.72. The van der Waals surface area contributed by atoms with Crippen molar-refractivity contribution < 1.29 is 9.47 Å². The number of ether oxygens (including phenoxy) is 2. The van der Waals surface area contributed by atoms with Gasteiger partial charge in [-0.3, -0.25) is 4.68 Å². The highest BCUT2D eigenvalue weighted by Gasteiger charge is 2.20. The Morgan fingerprint density at radius 3 is 2.78 bits per heavy atom. The third kappa shape index (κ3) is 4.09. The molecule has 1 aromatic carbocycles. The summed E-state index contributed by atoms with van der Waals surface area (Å²) < 4.78 is 13.1. The van der Waals surface area contributed by atoms with E-state index in [1.165, 1.54) is 5.56 Å². The Kier molecular flexibility index (Phi) is 5.31. The maximum Gasteiger partial charge on any atom is 0.163 e. The number of rotatable bonds is 6. The molecular weight excluding hydrogens is 342 g/mol. The lowest BCUT2D eigenvalue weighted by molar-refractivity contribution is -0.0837. The highest BCUT2D eigenvalue weighted by molar-refractivity contribution is 5.86. The average molecular weight is 367 g/mol. The molecule has 142 valence electrons. The Bertz CT molecular complexity index is 890. The van der Waals surface area contributed by atoms with Crippen molar-refractivity contribution >= 4 is 16.9 Å². The molecule has 7 nitrogen and oxygen atoms in total. The van der Waals surface area contributed by atoms with Gasteiger partial charge in [-0.1, -0.05) is 30.3 Å². The third-order valence-corrected chi connectivity index (χ3v) is 4.82. The van der Waals surface area contributed by atoms with Crippen molar-refractivity contribution in [1.29, 1.82) is 0 Å². The van der Waals surface area contributed by atoms with Crippen molar-refractivity contribution in [3.8, 4) is 0 Å². The quantitative estimate of drug-likeness (QED) is 0.664. The molecule has 3 heterocycles. The van der Waals surface area contributed by atoms with E-state index < -0.39 is 0 Å². The van der Waals surface area contributed by atoms with Crippen LogP contribution in [0.2, 0.25) is 0 Å². The van der Waals surface area contributed by atoms with Crippen molar-refractivity contribution in [3.05, 3.63) is 47.9 Å². The molecule has 0 spiro atoms. The van der Waals surface area contributed by atoms with Crippen molar-refractivity contribution in [2.24, 2.45) is 7.05 Å². The maximum atomic E-state index is 5.79. The molecule has 1 aliphatic rings. The second kappa shape index (κ2) is 8.02. The van der Waals surface area contributed by atoms with Gasteiger partial charge in [0.15, 0.2) is 5.65 Å². The van der Waals surface area contributed by atoms with E-state index >= 15 is 0 Å². The number of benzene rings is 1. The van der Waals surface area contributed by atoms with E-state index in [0.717, 1.165) is 42.1 Å². The van der Waals surface area contributed by atoms with Crippen LogP contribution in [0, 0.1) is 0 Å². The predicted molar refractivity (Wildman–Crippen MR) is 104 cm³/mol. The molecule has 1 fully saturated rings. The molecule has 1 saturated heterocycles. The minimum atomic E-state index is 0.0539. The van der Waals surface area contributed by atoms with Crippen LogP contribution in [0.25, 0.3) is 11.0 Å². The molecule has 1 aliphatic heterocycles. The summed E-state index contributed by atoms with van der Waals surface area (Å²) in [7, 11) is 3.95. The summed E-state index contributed by atoms with van der Waals surface area (Å²) >= 11 is 0. The van der Waals surface area contributed by atoms with Gasteiger partial charge in [-0.15, -0.1) is 0 Å². The Morgan fingerprint density at radius 2 is 2.00 bits per heavy atom. The Hall–Kier alpha value is -2.51. The zero-order chi connectivity index (χ0) is 18.6. The topological polar surface area (TPSA) is 65.3 Å². The van der Waals surface area contributed by atoms with Crippen LogP contribution in [0.5, 0.6) is 0 Å². The molecular formula is C20H25N5O2. The average Bonchev–Trinajstić information content (AvgIpc) is 3.08. The minimum absolute atomic E-state index is 0.0539. The number of hydrogen-bond acceptors (Lipinski definition) is 6. The molecule has 4 rings (SSSR count). The minimum Gasteiger partial charge on any atom is -0.376 e. The van der Waals surface area contributed by atoms with Gasteiger partial charge < -0.3 is 14.4 Å². The third-order valence-electron chi connectivity index (χ3n) is 4.82. The molecule has 2 aromatic heterocycles. The van der Waals surface area contributed by atoms with Gasteiger partial charge in [0, 0.05) is 27.1 Å². The lowest BCUT2D eigenvalue weighted by Gasteiger charge is -2.28. The number of nitrogens with zero attached hydrogens (tertiary/aromatic N) is 5. The Labute approximate surface area is 158 Å². The van der Waals surface area contributed by atoms with Crippen molar-refractivity contribution in [2.45, 2.75) is 18.9 Å². The largest absolute Gasteiger partial charge is 0.376 e. The highest BCUT2D eigenvalue weighted by Crippen LogP contribution is 2.23. The summed E-state index contributed by atoms with van der Waals surface area (Å²) in [6, 6.07) is 10.4. The highest BCUT2D eigenvalue weighted by atomic mass is 16.6. The lowest BCUT2D eigenvalue weighted by Crippen LogP contribution is -2.38. The fourth-order valence-corrected chi connectivity index (χ4v) is 3.39. The van der Waals surface area contributed by atoms with Crippen LogP contribution >= 0.6 is 0 Å². The van der Waals surface area contributed by atoms with Crippen molar-refractivity contribution in [2.75, 3.05) is 38.3 Å². The molecule has 0 bridgehead atoms. The zero-order valence-corrected chi connectivity index (χ0v) is 15.8. The van der Waals surface area contributed by atoms with Gasteiger partial charge in [0.05, 0.1) is 37.5 Å². The monoisotopic (exact) mass is 367 g/mol. The standard InChI is InChI=1S/C20H25N5O2/c1-24(13-16-14-26-10-11-27-16)19-17-12-21-25(2)20(17)23-18(22-19)9-8-15-6-4-3-5-7-15/h3-7,12,16H,8-11,13-14H2,1-2H3/t16-/m0/s1. The van der Waals surface area contributed by atoms with Crippen LogP contribution in [-0.4, -0.2) is 59.3 Å².